The van der Waals surface area contributed by atoms with E-state index in [0.717, 1.165) is 17.7 Å². The molecule has 2 aromatic heterocycles. The van der Waals surface area contributed by atoms with Crippen LogP contribution in [0.5, 0.6) is 0 Å². The van der Waals surface area contributed by atoms with Crippen LogP contribution in [0.4, 0.5) is 10.6 Å². The predicted molar refractivity (Wildman–Crippen MR) is 110 cm³/mol. The summed E-state index contributed by atoms with van der Waals surface area (Å²) in [6, 6.07) is 12.8. The van der Waals surface area contributed by atoms with E-state index in [2.05, 4.69) is 15.4 Å². The quantitative estimate of drug-likeness (QED) is 0.705. The van der Waals surface area contributed by atoms with Crippen molar-refractivity contribution in [3.05, 3.63) is 66.2 Å². The number of hydrogen-bond acceptors (Lipinski definition) is 5. The van der Waals surface area contributed by atoms with Crippen molar-refractivity contribution in [2.75, 3.05) is 24.5 Å². The largest absolute Gasteiger partial charge is 0.467 e. The number of carbonyl (C=O) groups excluding carboxylic acids is 2. The third kappa shape index (κ3) is 3.14. The lowest BCUT2D eigenvalue weighted by Gasteiger charge is -2.37. The van der Waals surface area contributed by atoms with Crippen molar-refractivity contribution in [3.8, 4) is 5.69 Å². The van der Waals surface area contributed by atoms with Gasteiger partial charge in [0.15, 0.2) is 5.82 Å². The SMILES string of the molecule is O=C(CN1C(=O)N2CCCN=C2c2cnn(-c3ccccc3)c21)NCc1ccco1. The molecule has 0 saturated heterocycles. The second kappa shape index (κ2) is 7.51. The van der Waals surface area contributed by atoms with Gasteiger partial charge in [0.05, 0.1) is 30.3 Å². The van der Waals surface area contributed by atoms with Crippen LogP contribution in [0.15, 0.2) is 64.3 Å². The number of aliphatic imine (C=N–C) groups is 1. The first-order valence-electron chi connectivity index (χ1n) is 9.79. The van der Waals surface area contributed by atoms with Crippen LogP contribution in [0.2, 0.25) is 0 Å². The molecule has 0 radical (unpaired) electrons. The van der Waals surface area contributed by atoms with E-state index in [1.165, 1.54) is 4.90 Å². The summed E-state index contributed by atoms with van der Waals surface area (Å²) in [5, 5.41) is 7.31. The van der Waals surface area contributed by atoms with Crippen LogP contribution in [0.1, 0.15) is 17.7 Å². The molecule has 0 spiro atoms. The van der Waals surface area contributed by atoms with E-state index in [4.69, 9.17) is 4.42 Å². The van der Waals surface area contributed by atoms with Gasteiger partial charge in [0, 0.05) is 13.1 Å². The highest BCUT2D eigenvalue weighted by molar-refractivity contribution is 6.19. The molecule has 3 aromatic rings. The molecular formula is C21H20N6O3. The highest BCUT2D eigenvalue weighted by Crippen LogP contribution is 2.32. The number of aromatic nitrogens is 2. The Morgan fingerprint density at radius 1 is 1.17 bits per heavy atom. The van der Waals surface area contributed by atoms with Crippen molar-refractivity contribution in [1.82, 2.24) is 20.0 Å². The van der Waals surface area contributed by atoms with Crippen molar-refractivity contribution < 1.29 is 14.0 Å². The number of amidine groups is 1. The summed E-state index contributed by atoms with van der Waals surface area (Å²) in [5.41, 5.74) is 1.55. The summed E-state index contributed by atoms with van der Waals surface area (Å²) < 4.78 is 6.94. The molecule has 3 amide bonds. The van der Waals surface area contributed by atoms with Gasteiger partial charge in [0.25, 0.3) is 0 Å². The van der Waals surface area contributed by atoms with Crippen LogP contribution < -0.4 is 10.2 Å². The van der Waals surface area contributed by atoms with Crippen LogP contribution in [0.25, 0.3) is 5.69 Å². The molecule has 5 rings (SSSR count). The Kier molecular flexibility index (Phi) is 4.55. The van der Waals surface area contributed by atoms with Crippen molar-refractivity contribution in [2.24, 2.45) is 4.99 Å². The maximum absolute atomic E-state index is 13.3. The molecule has 9 heteroatoms. The van der Waals surface area contributed by atoms with Crippen LogP contribution in [-0.2, 0) is 11.3 Å². The Hall–Kier alpha value is -3.88. The number of nitrogens with zero attached hydrogens (tertiary/aromatic N) is 5. The molecule has 0 aliphatic carbocycles. The van der Waals surface area contributed by atoms with E-state index in [9.17, 15) is 9.59 Å². The number of hydrogen-bond donors (Lipinski definition) is 1. The molecule has 0 unspecified atom stereocenters. The smallest absolute Gasteiger partial charge is 0.331 e. The summed E-state index contributed by atoms with van der Waals surface area (Å²) in [5.74, 6) is 1.53. The van der Waals surface area contributed by atoms with Crippen molar-refractivity contribution >= 4 is 23.6 Å². The predicted octanol–water partition coefficient (Wildman–Crippen LogP) is 2.17. The first-order chi connectivity index (χ1) is 14.7. The van der Waals surface area contributed by atoms with Crippen molar-refractivity contribution in [2.45, 2.75) is 13.0 Å². The Bertz CT molecular complexity index is 1100. The summed E-state index contributed by atoms with van der Waals surface area (Å²) in [6.45, 7) is 1.36. The van der Waals surface area contributed by atoms with E-state index in [0.29, 0.717) is 30.5 Å². The van der Waals surface area contributed by atoms with Gasteiger partial charge in [-0.25, -0.2) is 9.48 Å². The minimum Gasteiger partial charge on any atom is -0.467 e. The molecule has 9 nitrogen and oxygen atoms in total. The number of amides is 3. The maximum atomic E-state index is 13.3. The van der Waals surface area contributed by atoms with E-state index in [-0.39, 0.29) is 25.0 Å². The Morgan fingerprint density at radius 3 is 2.83 bits per heavy atom. The van der Waals surface area contributed by atoms with Gasteiger partial charge in [-0.2, -0.15) is 5.10 Å². The average Bonchev–Trinajstić information content (AvgIpc) is 3.46. The molecular weight excluding hydrogens is 384 g/mol. The molecule has 0 bridgehead atoms. The minimum atomic E-state index is -0.288. The molecule has 152 valence electrons. The molecule has 0 atom stereocenters. The summed E-state index contributed by atoms with van der Waals surface area (Å²) in [7, 11) is 0. The van der Waals surface area contributed by atoms with Crippen molar-refractivity contribution in [3.63, 3.8) is 0 Å². The van der Waals surface area contributed by atoms with Gasteiger partial charge in [-0.05, 0) is 30.7 Å². The van der Waals surface area contributed by atoms with Gasteiger partial charge in [-0.1, -0.05) is 18.2 Å². The number of benzene rings is 1. The highest BCUT2D eigenvalue weighted by Gasteiger charge is 2.40. The zero-order valence-electron chi connectivity index (χ0n) is 16.2. The third-order valence-electron chi connectivity index (χ3n) is 5.10. The standard InChI is InChI=1S/C21H20N6O3/c28-18(23-12-16-8-4-11-30-16)14-26-20-17(19-22-9-5-10-25(19)21(26)29)13-24-27(20)15-6-2-1-3-7-15/h1-4,6-8,11,13H,5,9-10,12,14H2,(H,23,28). The molecule has 1 aromatic carbocycles. The van der Waals surface area contributed by atoms with Crippen molar-refractivity contribution in [1.29, 1.82) is 0 Å². The summed E-state index contributed by atoms with van der Waals surface area (Å²) in [6.07, 6.45) is 4.05. The van der Waals surface area contributed by atoms with Crippen LogP contribution in [0.3, 0.4) is 0 Å². The monoisotopic (exact) mass is 404 g/mol. The van der Waals surface area contributed by atoms with Gasteiger partial charge >= 0.3 is 6.03 Å². The number of furan rings is 1. The zero-order valence-corrected chi connectivity index (χ0v) is 16.2. The van der Waals surface area contributed by atoms with E-state index >= 15 is 0 Å². The topological polar surface area (TPSA) is 96.0 Å². The highest BCUT2D eigenvalue weighted by atomic mass is 16.3. The Morgan fingerprint density at radius 2 is 2.03 bits per heavy atom. The fraction of sp³-hybridized carbons (Fsp3) is 0.238. The molecule has 1 N–H and O–H groups in total. The van der Waals surface area contributed by atoms with E-state index in [1.807, 2.05) is 30.3 Å². The number of rotatable bonds is 5. The van der Waals surface area contributed by atoms with E-state index < -0.39 is 0 Å². The molecule has 4 heterocycles. The lowest BCUT2D eigenvalue weighted by molar-refractivity contribution is -0.120. The first-order valence-corrected chi connectivity index (χ1v) is 9.79. The minimum absolute atomic E-state index is 0.130. The summed E-state index contributed by atoms with van der Waals surface area (Å²) >= 11 is 0. The molecule has 0 saturated carbocycles. The maximum Gasteiger partial charge on any atom is 0.331 e. The van der Waals surface area contributed by atoms with Crippen LogP contribution in [-0.4, -0.2) is 52.1 Å². The van der Waals surface area contributed by atoms with Gasteiger partial charge < -0.3 is 9.73 Å². The normalized spacial score (nSPS) is 15.5. The number of anilines is 1. The molecule has 0 fully saturated rings. The number of urea groups is 1. The number of para-hydroxylation sites is 1. The molecule has 2 aliphatic rings. The summed E-state index contributed by atoms with van der Waals surface area (Å²) in [4.78, 5) is 33.6. The van der Waals surface area contributed by atoms with Gasteiger partial charge in [0.1, 0.15) is 18.1 Å². The number of nitrogens with one attached hydrogen (secondary N) is 1. The fourth-order valence-corrected chi connectivity index (χ4v) is 3.72. The number of carbonyl (C=O) groups is 2. The lowest BCUT2D eigenvalue weighted by atomic mass is 10.1. The third-order valence-corrected chi connectivity index (χ3v) is 5.10. The second-order valence-electron chi connectivity index (χ2n) is 7.06. The first kappa shape index (κ1) is 18.2. The fourth-order valence-electron chi connectivity index (χ4n) is 3.72. The molecule has 30 heavy (non-hydrogen) atoms. The van der Waals surface area contributed by atoms with Crippen LogP contribution >= 0.6 is 0 Å². The van der Waals surface area contributed by atoms with Crippen LogP contribution in [0, 0.1) is 0 Å². The zero-order chi connectivity index (χ0) is 20.5. The second-order valence-corrected chi connectivity index (χ2v) is 7.06. The lowest BCUT2D eigenvalue weighted by Crippen LogP contribution is -2.55. The Labute approximate surface area is 172 Å². The average molecular weight is 404 g/mol. The van der Waals surface area contributed by atoms with Gasteiger partial charge in [-0.3, -0.25) is 19.6 Å². The van der Waals surface area contributed by atoms with Gasteiger partial charge in [0.2, 0.25) is 5.91 Å². The molecule has 2 aliphatic heterocycles. The van der Waals surface area contributed by atoms with E-state index in [1.54, 1.807) is 34.2 Å². The number of fused-ring (bicyclic) bond motifs is 3. The Balaban J connectivity index is 1.50. The van der Waals surface area contributed by atoms with Gasteiger partial charge in [-0.15, -0.1) is 0 Å².